The van der Waals surface area contributed by atoms with Crippen molar-refractivity contribution in [3.05, 3.63) is 41.2 Å². The van der Waals surface area contributed by atoms with Gasteiger partial charge < -0.3 is 15.7 Å². The van der Waals surface area contributed by atoms with Crippen LogP contribution in [0.15, 0.2) is 35.0 Å². The maximum Gasteiger partial charge on any atom is 0.435 e. The zero-order chi connectivity index (χ0) is 28.5. The van der Waals surface area contributed by atoms with Crippen molar-refractivity contribution >= 4 is 33.5 Å². The molecule has 0 unspecified atom stereocenters. The van der Waals surface area contributed by atoms with Gasteiger partial charge in [-0.15, -0.1) is 0 Å². The Morgan fingerprint density at radius 2 is 1.87 bits per heavy atom. The molecule has 1 saturated carbocycles. The number of carbonyl (C=O) groups excluding carboxylic acids is 1. The molecule has 1 amide bonds. The Hall–Kier alpha value is -3.19. The molecule has 1 aromatic carbocycles. The van der Waals surface area contributed by atoms with E-state index in [2.05, 4.69) is 10.1 Å². The van der Waals surface area contributed by atoms with Gasteiger partial charge in [-0.25, -0.2) is 13.4 Å². The Balaban J connectivity index is 1.74. The minimum atomic E-state index is -4.92. The highest BCUT2D eigenvalue weighted by atomic mass is 32.2. The average Bonchev–Trinajstić information content (AvgIpc) is 3.23. The number of nitrogens with zero attached hydrogens (tertiary/aromatic N) is 4. The second-order valence-electron chi connectivity index (χ2n) is 9.96. The van der Waals surface area contributed by atoms with Crippen LogP contribution in [0, 0.1) is 5.92 Å². The number of fused-ring (bicyclic) bond motifs is 1. The molecule has 39 heavy (non-hydrogen) atoms. The van der Waals surface area contributed by atoms with Crippen molar-refractivity contribution < 1.29 is 31.5 Å². The molecule has 0 radical (unpaired) electrons. The Morgan fingerprint density at radius 3 is 2.46 bits per heavy atom. The number of aliphatic hydroxyl groups is 1. The van der Waals surface area contributed by atoms with Gasteiger partial charge in [0.2, 0.25) is 5.91 Å². The van der Waals surface area contributed by atoms with Crippen LogP contribution in [-0.2, 0) is 21.0 Å². The number of hydrogen-bond acceptors (Lipinski definition) is 7. The highest BCUT2D eigenvalue weighted by Gasteiger charge is 2.43. The summed E-state index contributed by atoms with van der Waals surface area (Å²) < 4.78 is 68.1. The van der Waals surface area contributed by atoms with E-state index in [1.54, 1.807) is 11.0 Å². The van der Waals surface area contributed by atoms with Crippen LogP contribution in [0.5, 0.6) is 0 Å². The zero-order valence-corrected chi connectivity index (χ0v) is 22.6. The molecule has 0 spiro atoms. The van der Waals surface area contributed by atoms with Crippen LogP contribution < -0.4 is 5.73 Å². The van der Waals surface area contributed by atoms with E-state index in [1.807, 2.05) is 13.8 Å². The van der Waals surface area contributed by atoms with Crippen molar-refractivity contribution in [3.63, 3.8) is 0 Å². The first-order valence-electron chi connectivity index (χ1n) is 12.9. The van der Waals surface area contributed by atoms with Crippen molar-refractivity contribution in [2.24, 2.45) is 16.6 Å². The van der Waals surface area contributed by atoms with E-state index in [1.165, 1.54) is 18.2 Å². The number of amides is 1. The number of aliphatic hydroxyl groups excluding tert-OH is 1. The summed E-state index contributed by atoms with van der Waals surface area (Å²) in [5.74, 6) is -0.231. The molecule has 2 aliphatic rings. The van der Waals surface area contributed by atoms with Crippen LogP contribution >= 0.6 is 0 Å². The summed E-state index contributed by atoms with van der Waals surface area (Å²) in [6, 6.07) is 4.34. The average molecular weight is 568 g/mol. The van der Waals surface area contributed by atoms with E-state index in [9.17, 15) is 31.5 Å². The van der Waals surface area contributed by atoms with Gasteiger partial charge in [-0.05, 0) is 49.3 Å². The smallest absolute Gasteiger partial charge is 0.396 e. The third-order valence-electron chi connectivity index (χ3n) is 6.95. The first-order valence-corrected chi connectivity index (χ1v) is 14.4. The largest absolute Gasteiger partial charge is 0.435 e. The lowest BCUT2D eigenvalue weighted by atomic mass is 9.86. The summed E-state index contributed by atoms with van der Waals surface area (Å²) in [5, 5.41) is 11.7. The molecular weight excluding hydrogens is 535 g/mol. The van der Waals surface area contributed by atoms with Gasteiger partial charge in [-0.1, -0.05) is 26.0 Å². The summed E-state index contributed by atoms with van der Waals surface area (Å²) in [6.07, 6.45) is -0.420. The van der Waals surface area contributed by atoms with Gasteiger partial charge in [0, 0.05) is 42.8 Å². The quantitative estimate of drug-likeness (QED) is 0.472. The molecule has 2 heterocycles. The second-order valence-corrected chi connectivity index (χ2v) is 12.0. The van der Waals surface area contributed by atoms with Crippen molar-refractivity contribution in [1.29, 1.82) is 0 Å². The molecule has 3 N–H and O–H groups in total. The van der Waals surface area contributed by atoms with Crippen molar-refractivity contribution in [3.8, 4) is 11.1 Å². The van der Waals surface area contributed by atoms with Gasteiger partial charge in [0.05, 0.1) is 17.1 Å². The van der Waals surface area contributed by atoms with E-state index >= 15 is 0 Å². The fourth-order valence-electron chi connectivity index (χ4n) is 4.88. The predicted molar refractivity (Wildman–Crippen MR) is 142 cm³/mol. The summed E-state index contributed by atoms with van der Waals surface area (Å²) in [4.78, 5) is 19.3. The minimum absolute atomic E-state index is 0.0580. The zero-order valence-electron chi connectivity index (χ0n) is 21.8. The van der Waals surface area contributed by atoms with Crippen LogP contribution in [0.4, 0.5) is 18.9 Å². The van der Waals surface area contributed by atoms with Crippen molar-refractivity contribution in [2.75, 3.05) is 19.7 Å². The Morgan fingerprint density at radius 1 is 1.21 bits per heavy atom. The van der Waals surface area contributed by atoms with E-state index in [4.69, 9.17) is 5.73 Å². The fraction of sp³-hybridized carbons (Fsp3) is 0.500. The molecule has 1 fully saturated rings. The number of aliphatic imine (C=N–C) groups is 1. The fourth-order valence-corrected chi connectivity index (χ4v) is 6.66. The summed E-state index contributed by atoms with van der Waals surface area (Å²) >= 11 is 0. The predicted octanol–water partition coefficient (Wildman–Crippen LogP) is 3.94. The second kappa shape index (κ2) is 11.1. The molecule has 0 saturated heterocycles. The molecule has 212 valence electrons. The number of hydrogen-bond donors (Lipinski definition) is 2. The van der Waals surface area contributed by atoms with E-state index < -0.39 is 32.7 Å². The first-order chi connectivity index (χ1) is 18.4. The van der Waals surface area contributed by atoms with E-state index in [0.29, 0.717) is 28.3 Å². The summed E-state index contributed by atoms with van der Waals surface area (Å²) in [7, 11) is -4.19. The van der Waals surface area contributed by atoms with E-state index in [-0.39, 0.29) is 54.8 Å². The molecular formula is C26H32F3N5O4S. The van der Waals surface area contributed by atoms with Crippen LogP contribution in [-0.4, -0.2) is 64.3 Å². The van der Waals surface area contributed by atoms with Gasteiger partial charge in [0.25, 0.3) is 10.0 Å². The van der Waals surface area contributed by atoms with Crippen LogP contribution in [0.1, 0.15) is 57.2 Å². The van der Waals surface area contributed by atoms with Crippen molar-refractivity contribution in [1.82, 2.24) is 14.1 Å². The lowest BCUT2D eigenvalue weighted by Gasteiger charge is -2.32. The van der Waals surface area contributed by atoms with Gasteiger partial charge in [-0.2, -0.15) is 22.4 Å². The summed E-state index contributed by atoms with van der Waals surface area (Å²) in [5.41, 5.74) is 5.61. The van der Waals surface area contributed by atoms with Gasteiger partial charge in [0.15, 0.2) is 5.69 Å². The lowest BCUT2D eigenvalue weighted by molar-refractivity contribution is -0.140. The highest BCUT2D eigenvalue weighted by Crippen LogP contribution is 2.40. The highest BCUT2D eigenvalue weighted by molar-refractivity contribution is 7.90. The topological polar surface area (TPSA) is 131 Å². The third-order valence-corrected chi connectivity index (χ3v) is 8.89. The molecule has 9 nitrogen and oxygen atoms in total. The Labute approximate surface area is 225 Å². The number of halogens is 3. The maximum absolute atomic E-state index is 14.0. The molecule has 0 bridgehead atoms. The molecule has 1 aliphatic heterocycles. The molecule has 2 aromatic rings. The standard InChI is InChI=1S/C26H32F3N5O4S/c1-3-7-33(8-4-2)25(36)19-11-18-6-5-17(12-22(18)31-23(30)13-19)21-14-34(32-24(21)26(27,28)29)39(37,38)20-9-16(10-20)15-35/h5-6,11-12,14,16,20,35H,3-4,7-10,13,15H2,1-2H3,(H2,30,31). The van der Waals surface area contributed by atoms with Crippen LogP contribution in [0.3, 0.4) is 0 Å². The summed E-state index contributed by atoms with van der Waals surface area (Å²) in [6.45, 7) is 4.94. The Bertz CT molecular complexity index is 1400. The normalized spacial score (nSPS) is 19.4. The number of benzene rings is 1. The number of amidine groups is 1. The number of carbonyl (C=O) groups is 1. The monoisotopic (exact) mass is 567 g/mol. The number of alkyl halides is 3. The molecule has 4 rings (SSSR count). The SMILES string of the molecule is CCCN(CCC)C(=O)C1=Cc2ccc(-c3cn(S(=O)(=O)C4CC(CO)C4)nc3C(F)(F)F)cc2N=C(N)C1. The van der Waals surface area contributed by atoms with E-state index in [0.717, 1.165) is 19.0 Å². The number of rotatable bonds is 9. The number of aromatic nitrogens is 2. The number of nitrogens with two attached hydrogens (primary N) is 1. The van der Waals surface area contributed by atoms with Crippen molar-refractivity contribution in [2.45, 2.75) is 57.4 Å². The van der Waals surface area contributed by atoms with Crippen LogP contribution in [0.2, 0.25) is 0 Å². The molecule has 13 heteroatoms. The molecule has 1 aliphatic carbocycles. The van der Waals surface area contributed by atoms with Gasteiger partial charge in [-0.3, -0.25) is 4.79 Å². The molecule has 1 aromatic heterocycles. The third kappa shape index (κ3) is 5.88. The van der Waals surface area contributed by atoms with Crippen LogP contribution in [0.25, 0.3) is 17.2 Å². The first kappa shape index (κ1) is 28.8. The maximum atomic E-state index is 14.0. The molecule has 0 atom stereocenters. The van der Waals surface area contributed by atoms with Gasteiger partial charge >= 0.3 is 6.18 Å². The minimum Gasteiger partial charge on any atom is -0.396 e. The van der Waals surface area contributed by atoms with Gasteiger partial charge in [0.1, 0.15) is 5.84 Å². The lowest BCUT2D eigenvalue weighted by Crippen LogP contribution is -2.40. The Kier molecular flexibility index (Phi) is 8.22.